The minimum absolute atomic E-state index is 0.0209. The second-order valence-electron chi connectivity index (χ2n) is 11.3. The lowest BCUT2D eigenvalue weighted by molar-refractivity contribution is 0.484. The van der Waals surface area contributed by atoms with E-state index in [-0.39, 0.29) is 3.23 Å². The highest BCUT2D eigenvalue weighted by molar-refractivity contribution is 9.25. The molecule has 0 fully saturated rings. The SMILES string of the molecule is CCCC(Br)(Br)CC(CCCCC(Cc1cccc2c1Cc1ccccc1-2)c1ccccc1)c1ccccc1. The molecule has 2 heteroatoms. The molecule has 0 saturated heterocycles. The molecule has 2 atom stereocenters. The average molecular weight is 645 g/mol. The molecule has 1 aliphatic carbocycles. The second kappa shape index (κ2) is 13.5. The normalized spacial score (nSPS) is 14.0. The monoisotopic (exact) mass is 642 g/mol. The van der Waals surface area contributed by atoms with E-state index < -0.39 is 0 Å². The van der Waals surface area contributed by atoms with Gasteiger partial charge in [-0.3, -0.25) is 0 Å². The number of unbranched alkanes of at least 4 members (excludes halogenated alkanes) is 1. The zero-order chi connectivity index (χ0) is 27.1. The summed E-state index contributed by atoms with van der Waals surface area (Å²) in [7, 11) is 0. The fourth-order valence-electron chi connectivity index (χ4n) is 6.51. The van der Waals surface area contributed by atoms with Gasteiger partial charge in [0.15, 0.2) is 0 Å². The number of benzene rings is 4. The number of halogens is 2. The molecule has 0 radical (unpaired) electrons. The van der Waals surface area contributed by atoms with Crippen LogP contribution in [0.3, 0.4) is 0 Å². The number of alkyl halides is 2. The van der Waals surface area contributed by atoms with Crippen molar-refractivity contribution in [2.24, 2.45) is 0 Å². The maximum Gasteiger partial charge on any atom is 0.0811 e. The van der Waals surface area contributed by atoms with Gasteiger partial charge >= 0.3 is 0 Å². The third-order valence-corrected chi connectivity index (χ3v) is 9.91. The van der Waals surface area contributed by atoms with Crippen molar-refractivity contribution in [1.29, 1.82) is 0 Å². The van der Waals surface area contributed by atoms with Gasteiger partial charge in [0.1, 0.15) is 0 Å². The van der Waals surface area contributed by atoms with Crippen LogP contribution in [0.1, 0.15) is 91.5 Å². The summed E-state index contributed by atoms with van der Waals surface area (Å²) in [4.78, 5) is 0. The van der Waals surface area contributed by atoms with Crippen LogP contribution in [0.15, 0.2) is 103 Å². The van der Waals surface area contributed by atoms with Gasteiger partial charge in [-0.25, -0.2) is 0 Å². The Morgan fingerprint density at radius 2 is 1.26 bits per heavy atom. The summed E-state index contributed by atoms with van der Waals surface area (Å²) in [6.07, 6.45) is 10.6. The topological polar surface area (TPSA) is 0 Å². The van der Waals surface area contributed by atoms with E-state index in [0.717, 1.165) is 25.7 Å². The van der Waals surface area contributed by atoms with Gasteiger partial charge in [0.2, 0.25) is 0 Å². The molecule has 0 bridgehead atoms. The van der Waals surface area contributed by atoms with Crippen LogP contribution in [0.4, 0.5) is 0 Å². The van der Waals surface area contributed by atoms with E-state index in [1.807, 2.05) is 0 Å². The van der Waals surface area contributed by atoms with Crippen molar-refractivity contribution in [1.82, 2.24) is 0 Å². The van der Waals surface area contributed by atoms with Crippen molar-refractivity contribution in [3.8, 4) is 11.1 Å². The van der Waals surface area contributed by atoms with Crippen LogP contribution in [0.5, 0.6) is 0 Å². The predicted octanol–water partition coefficient (Wildman–Crippen LogP) is 11.6. The molecule has 0 amide bonds. The van der Waals surface area contributed by atoms with Crippen LogP contribution >= 0.6 is 31.9 Å². The smallest absolute Gasteiger partial charge is 0.0727 e. The van der Waals surface area contributed by atoms with Crippen LogP contribution in [0.25, 0.3) is 11.1 Å². The Balaban J connectivity index is 1.28. The summed E-state index contributed by atoms with van der Waals surface area (Å²) in [6.45, 7) is 2.26. The summed E-state index contributed by atoms with van der Waals surface area (Å²) < 4.78 is 0.0209. The first kappa shape index (κ1) is 28.4. The third kappa shape index (κ3) is 7.33. The molecule has 2 unspecified atom stereocenters. The Morgan fingerprint density at radius 3 is 1.95 bits per heavy atom. The highest BCUT2D eigenvalue weighted by atomic mass is 79.9. The molecule has 0 spiro atoms. The van der Waals surface area contributed by atoms with Crippen LogP contribution < -0.4 is 0 Å². The zero-order valence-electron chi connectivity index (χ0n) is 23.1. The third-order valence-electron chi connectivity index (χ3n) is 8.47. The first-order valence-corrected chi connectivity index (χ1v) is 16.3. The molecular weight excluding hydrogens is 604 g/mol. The van der Waals surface area contributed by atoms with Gasteiger partial charge in [0.25, 0.3) is 0 Å². The number of fused-ring (bicyclic) bond motifs is 3. The van der Waals surface area contributed by atoms with Gasteiger partial charge in [-0.2, -0.15) is 0 Å². The summed E-state index contributed by atoms with van der Waals surface area (Å²) in [6, 6.07) is 38.3. The van der Waals surface area contributed by atoms with Crippen LogP contribution in [0, 0.1) is 0 Å². The molecule has 39 heavy (non-hydrogen) atoms. The van der Waals surface area contributed by atoms with E-state index in [1.165, 1.54) is 65.5 Å². The second-order valence-corrected chi connectivity index (χ2v) is 15.4. The quantitative estimate of drug-likeness (QED) is 0.0884. The largest absolute Gasteiger partial charge is 0.0811 e. The summed E-state index contributed by atoms with van der Waals surface area (Å²) >= 11 is 7.98. The average Bonchev–Trinajstić information content (AvgIpc) is 3.34. The Kier molecular flexibility index (Phi) is 9.80. The lowest BCUT2D eigenvalue weighted by Gasteiger charge is -2.27. The van der Waals surface area contributed by atoms with Crippen molar-refractivity contribution >= 4 is 31.9 Å². The van der Waals surface area contributed by atoms with Gasteiger partial charge in [-0.05, 0) is 89.3 Å². The molecule has 0 nitrogen and oxygen atoms in total. The lowest BCUT2D eigenvalue weighted by Crippen LogP contribution is -2.16. The lowest BCUT2D eigenvalue weighted by atomic mass is 9.84. The van der Waals surface area contributed by atoms with E-state index in [1.54, 1.807) is 5.56 Å². The van der Waals surface area contributed by atoms with E-state index in [9.17, 15) is 0 Å². The van der Waals surface area contributed by atoms with Gasteiger partial charge in [-0.1, -0.05) is 161 Å². The maximum atomic E-state index is 3.99. The van der Waals surface area contributed by atoms with Gasteiger partial charge in [-0.15, -0.1) is 0 Å². The van der Waals surface area contributed by atoms with E-state index in [2.05, 4.69) is 142 Å². The molecule has 0 heterocycles. The fourth-order valence-corrected chi connectivity index (χ4v) is 8.09. The van der Waals surface area contributed by atoms with Crippen molar-refractivity contribution in [3.05, 3.63) is 131 Å². The molecule has 0 N–H and O–H groups in total. The minimum Gasteiger partial charge on any atom is -0.0727 e. The van der Waals surface area contributed by atoms with E-state index in [4.69, 9.17) is 0 Å². The molecule has 0 aromatic heterocycles. The Labute approximate surface area is 252 Å². The van der Waals surface area contributed by atoms with Gasteiger partial charge in [0.05, 0.1) is 3.23 Å². The first-order chi connectivity index (χ1) is 19.0. The standard InChI is InChI=1S/C37H40Br2/c1-2-24-37(38,39)27-33(29-16-7-4-8-17-29)20-10-9-18-30(28-14-5-3-6-15-28)25-31-21-13-23-35-34-22-12-11-19-32(34)26-36(31)35/h3-8,11-17,19,21-23,30,33H,2,9-10,18,20,24-27H2,1H3. The van der Waals surface area contributed by atoms with Crippen molar-refractivity contribution in [2.75, 3.05) is 0 Å². The number of hydrogen-bond acceptors (Lipinski definition) is 0. The van der Waals surface area contributed by atoms with Crippen LogP contribution in [-0.2, 0) is 12.8 Å². The Morgan fingerprint density at radius 1 is 0.667 bits per heavy atom. The molecule has 0 aliphatic heterocycles. The Hall–Kier alpha value is -2.16. The Bertz CT molecular complexity index is 1330. The molecule has 5 rings (SSSR count). The van der Waals surface area contributed by atoms with Crippen molar-refractivity contribution < 1.29 is 0 Å². The maximum absolute atomic E-state index is 3.99. The summed E-state index contributed by atoms with van der Waals surface area (Å²) in [5.74, 6) is 1.10. The van der Waals surface area contributed by atoms with Gasteiger partial charge < -0.3 is 0 Å². The molecule has 4 aromatic rings. The van der Waals surface area contributed by atoms with Crippen LogP contribution in [0.2, 0.25) is 0 Å². The highest BCUT2D eigenvalue weighted by Gasteiger charge is 2.27. The molecule has 1 aliphatic rings. The molecular formula is C37H40Br2. The van der Waals surface area contributed by atoms with E-state index in [0.29, 0.717) is 11.8 Å². The molecule has 202 valence electrons. The first-order valence-electron chi connectivity index (χ1n) is 14.7. The summed E-state index contributed by atoms with van der Waals surface area (Å²) in [5.41, 5.74) is 10.4. The number of rotatable bonds is 13. The minimum atomic E-state index is 0.0209. The number of hydrogen-bond donors (Lipinski definition) is 0. The van der Waals surface area contributed by atoms with Gasteiger partial charge in [0, 0.05) is 0 Å². The highest BCUT2D eigenvalue weighted by Crippen LogP contribution is 2.43. The molecule has 0 saturated carbocycles. The fraction of sp³-hybridized carbons (Fsp3) is 0.351. The van der Waals surface area contributed by atoms with Crippen LogP contribution in [-0.4, -0.2) is 3.23 Å². The van der Waals surface area contributed by atoms with Crippen molar-refractivity contribution in [3.63, 3.8) is 0 Å². The molecule has 4 aromatic carbocycles. The summed E-state index contributed by atoms with van der Waals surface area (Å²) in [5, 5.41) is 0. The van der Waals surface area contributed by atoms with E-state index >= 15 is 0 Å². The predicted molar refractivity (Wildman–Crippen MR) is 175 cm³/mol. The van der Waals surface area contributed by atoms with Crippen molar-refractivity contribution in [2.45, 2.75) is 79.8 Å². The zero-order valence-corrected chi connectivity index (χ0v) is 26.3.